The molecule has 0 saturated heterocycles. The number of ether oxygens (including phenoxy) is 1. The van der Waals surface area contributed by atoms with Gasteiger partial charge >= 0.3 is 5.97 Å². The van der Waals surface area contributed by atoms with E-state index >= 15 is 0 Å². The Balaban J connectivity index is 1.35. The average molecular weight is 499 g/mol. The van der Waals surface area contributed by atoms with Gasteiger partial charge in [-0.1, -0.05) is 45.0 Å². The van der Waals surface area contributed by atoms with Crippen molar-refractivity contribution >= 4 is 45.8 Å². The number of fused-ring (bicyclic) bond motifs is 1. The van der Waals surface area contributed by atoms with Crippen molar-refractivity contribution in [3.63, 3.8) is 0 Å². The van der Waals surface area contributed by atoms with Gasteiger partial charge in [0.05, 0.1) is 17.4 Å². The van der Waals surface area contributed by atoms with Gasteiger partial charge in [-0.2, -0.15) is 15.1 Å². The van der Waals surface area contributed by atoms with Crippen molar-refractivity contribution in [2.45, 2.75) is 26.2 Å². The van der Waals surface area contributed by atoms with Crippen LogP contribution in [0.4, 0.5) is 0 Å². The molecule has 36 heavy (non-hydrogen) atoms. The normalized spacial score (nSPS) is 16.6. The largest absolute Gasteiger partial charge is 0.462 e. The number of furan rings is 1. The number of carbonyl (C=O) groups is 2. The van der Waals surface area contributed by atoms with Gasteiger partial charge in [-0.05, 0) is 70.8 Å². The van der Waals surface area contributed by atoms with Crippen LogP contribution in [0.25, 0.3) is 6.08 Å². The van der Waals surface area contributed by atoms with Crippen LogP contribution in [0.15, 0.2) is 87.0 Å². The molecule has 3 aromatic rings. The third-order valence-corrected chi connectivity index (χ3v) is 6.48. The second kappa shape index (κ2) is 9.09. The Kier molecular flexibility index (Phi) is 5.93. The van der Waals surface area contributed by atoms with Gasteiger partial charge in [-0.15, -0.1) is 0 Å². The molecule has 0 saturated carbocycles. The molecule has 0 atom stereocenters. The van der Waals surface area contributed by atoms with Crippen LogP contribution in [0, 0.1) is 5.41 Å². The first kappa shape index (κ1) is 23.5. The van der Waals surface area contributed by atoms with E-state index in [9.17, 15) is 9.59 Å². The molecule has 2 aromatic carbocycles. The van der Waals surface area contributed by atoms with Gasteiger partial charge < -0.3 is 9.15 Å². The van der Waals surface area contributed by atoms with Crippen LogP contribution in [0.1, 0.15) is 48.0 Å². The lowest BCUT2D eigenvalue weighted by Crippen LogP contribution is -2.35. The number of benzene rings is 2. The fourth-order valence-electron chi connectivity index (χ4n) is 3.60. The lowest BCUT2D eigenvalue weighted by molar-refractivity contribution is -0.114. The molecular formula is C27H22N4O4S. The molecule has 0 radical (unpaired) electrons. The zero-order valence-corrected chi connectivity index (χ0v) is 20.6. The van der Waals surface area contributed by atoms with E-state index in [-0.39, 0.29) is 16.8 Å². The van der Waals surface area contributed by atoms with Crippen molar-refractivity contribution in [1.29, 1.82) is 5.41 Å². The Bertz CT molecular complexity index is 1460. The first-order valence-electron chi connectivity index (χ1n) is 11.2. The van der Waals surface area contributed by atoms with Gasteiger partial charge in [0.15, 0.2) is 16.6 Å². The van der Waals surface area contributed by atoms with Crippen molar-refractivity contribution in [3.8, 4) is 5.75 Å². The number of nitrogens with zero attached hydrogens (tertiary/aromatic N) is 3. The van der Waals surface area contributed by atoms with E-state index in [2.05, 4.69) is 30.9 Å². The predicted molar refractivity (Wildman–Crippen MR) is 139 cm³/mol. The minimum absolute atomic E-state index is 0.0151. The van der Waals surface area contributed by atoms with Crippen molar-refractivity contribution < 1.29 is 18.7 Å². The zero-order chi connectivity index (χ0) is 25.4. The van der Waals surface area contributed by atoms with Gasteiger partial charge in [0, 0.05) is 0 Å². The third-order valence-electron chi connectivity index (χ3n) is 5.55. The first-order valence-corrected chi connectivity index (χ1v) is 12.0. The van der Waals surface area contributed by atoms with Crippen LogP contribution in [0.5, 0.6) is 5.75 Å². The molecule has 0 bridgehead atoms. The summed E-state index contributed by atoms with van der Waals surface area (Å²) in [7, 11) is 0. The molecule has 3 heterocycles. The van der Waals surface area contributed by atoms with Crippen LogP contribution in [0.3, 0.4) is 0 Å². The summed E-state index contributed by atoms with van der Waals surface area (Å²) in [5.74, 6) is -0.269. The van der Waals surface area contributed by atoms with Crippen LogP contribution in [0.2, 0.25) is 0 Å². The van der Waals surface area contributed by atoms with E-state index in [1.807, 2.05) is 12.1 Å². The van der Waals surface area contributed by atoms with Crippen molar-refractivity contribution in [1.82, 2.24) is 5.01 Å². The number of amidine groups is 2. The first-order chi connectivity index (χ1) is 17.2. The highest BCUT2D eigenvalue weighted by molar-refractivity contribution is 8.27. The molecule has 0 spiro atoms. The number of carbonyl (C=O) groups excluding carboxylic acids is 2. The molecule has 2 aliphatic rings. The molecule has 0 aliphatic carbocycles. The van der Waals surface area contributed by atoms with E-state index in [1.165, 1.54) is 17.3 Å². The highest BCUT2D eigenvalue weighted by Gasteiger charge is 2.36. The van der Waals surface area contributed by atoms with Gasteiger partial charge in [-0.3, -0.25) is 10.2 Å². The standard InChI is InChI=1S/C27H22N4O4S/c1-27(2,3)18-11-9-17(10-12-18)25(33)35-19-7-4-6-16(14-19)15-20-22(28)31-26(29-23(20)32)36-24(30-31)21-8-5-13-34-21/h4-15,28H,1-3H3/b20-15-,28-22?. The van der Waals surface area contributed by atoms with Gasteiger partial charge in [0.2, 0.25) is 5.17 Å². The summed E-state index contributed by atoms with van der Waals surface area (Å²) >= 11 is 1.16. The monoisotopic (exact) mass is 498 g/mol. The molecule has 1 aromatic heterocycles. The van der Waals surface area contributed by atoms with Crippen molar-refractivity contribution in [2.24, 2.45) is 10.1 Å². The van der Waals surface area contributed by atoms with Crippen LogP contribution < -0.4 is 4.74 Å². The van der Waals surface area contributed by atoms with Gasteiger partial charge in [0.1, 0.15) is 5.75 Å². The number of aliphatic imine (C=N–C) groups is 1. The maximum Gasteiger partial charge on any atom is 0.343 e. The fraction of sp³-hybridized carbons (Fsp3) is 0.148. The summed E-state index contributed by atoms with van der Waals surface area (Å²) in [6.07, 6.45) is 3.06. The summed E-state index contributed by atoms with van der Waals surface area (Å²) in [4.78, 5) is 29.4. The number of esters is 1. The Labute approximate surface area is 211 Å². The Hall–Kier alpha value is -4.24. The quantitative estimate of drug-likeness (QED) is 0.291. The van der Waals surface area contributed by atoms with E-state index in [4.69, 9.17) is 14.6 Å². The fourth-order valence-corrected chi connectivity index (χ4v) is 4.46. The van der Waals surface area contributed by atoms with Gasteiger partial charge in [-0.25, -0.2) is 4.79 Å². The zero-order valence-electron chi connectivity index (χ0n) is 19.8. The smallest absolute Gasteiger partial charge is 0.343 e. The second-order valence-electron chi connectivity index (χ2n) is 9.19. The lowest BCUT2D eigenvalue weighted by atomic mass is 9.87. The van der Waals surface area contributed by atoms with Crippen molar-refractivity contribution in [3.05, 3.63) is 95.0 Å². The van der Waals surface area contributed by atoms with E-state index in [1.54, 1.807) is 48.5 Å². The number of hydrogen-bond acceptors (Lipinski definition) is 7. The molecule has 0 fully saturated rings. The molecule has 5 rings (SSSR count). The minimum atomic E-state index is -0.545. The van der Waals surface area contributed by atoms with E-state index in [0.717, 1.165) is 17.3 Å². The van der Waals surface area contributed by atoms with Crippen molar-refractivity contribution in [2.75, 3.05) is 0 Å². The summed E-state index contributed by atoms with van der Waals surface area (Å²) in [6.45, 7) is 6.32. The number of rotatable bonds is 4. The van der Waals surface area contributed by atoms with E-state index in [0.29, 0.717) is 32.8 Å². The molecular weight excluding hydrogens is 476 g/mol. The second-order valence-corrected chi connectivity index (χ2v) is 10.1. The molecule has 8 nitrogen and oxygen atoms in total. The van der Waals surface area contributed by atoms with Crippen LogP contribution in [-0.2, 0) is 10.2 Å². The third kappa shape index (κ3) is 4.65. The number of thioether (sulfide) groups is 1. The molecule has 1 N–H and O–H groups in total. The molecule has 0 unspecified atom stereocenters. The minimum Gasteiger partial charge on any atom is -0.462 e. The molecule has 2 aliphatic heterocycles. The molecule has 9 heteroatoms. The highest BCUT2D eigenvalue weighted by Crippen LogP contribution is 2.31. The number of amides is 1. The molecule has 180 valence electrons. The predicted octanol–water partition coefficient (Wildman–Crippen LogP) is 5.46. The highest BCUT2D eigenvalue weighted by atomic mass is 32.2. The van der Waals surface area contributed by atoms with Crippen LogP contribution in [-0.4, -0.2) is 32.9 Å². The summed E-state index contributed by atoms with van der Waals surface area (Å²) in [5, 5.41) is 15.0. The number of hydrogen-bond donors (Lipinski definition) is 1. The van der Waals surface area contributed by atoms with E-state index < -0.39 is 11.9 Å². The Morgan fingerprint density at radius 2 is 1.89 bits per heavy atom. The number of nitrogens with one attached hydrogen (secondary N) is 1. The van der Waals surface area contributed by atoms with Crippen LogP contribution >= 0.6 is 11.8 Å². The maximum atomic E-state index is 12.7. The topological polar surface area (TPSA) is 108 Å². The Morgan fingerprint density at radius 3 is 2.58 bits per heavy atom. The SMILES string of the molecule is CC(C)(C)c1ccc(C(=O)Oc2cccc(/C=C3/C(=N)N4N=C(c5ccco5)SC4=NC3=O)c2)cc1. The average Bonchev–Trinajstić information content (AvgIpc) is 3.52. The lowest BCUT2D eigenvalue weighted by Gasteiger charge is -2.20. The number of hydrazone groups is 1. The summed E-state index contributed by atoms with van der Waals surface area (Å²) in [5.41, 5.74) is 2.20. The maximum absolute atomic E-state index is 12.7. The molecule has 1 amide bonds. The summed E-state index contributed by atoms with van der Waals surface area (Å²) in [6, 6.07) is 17.6. The van der Waals surface area contributed by atoms with Gasteiger partial charge in [0.25, 0.3) is 5.91 Å². The summed E-state index contributed by atoms with van der Waals surface area (Å²) < 4.78 is 10.9. The Morgan fingerprint density at radius 1 is 1.11 bits per heavy atom.